The predicted octanol–water partition coefficient (Wildman–Crippen LogP) is 1.35. The normalized spacial score (nSPS) is 15.4. The van der Waals surface area contributed by atoms with Crippen molar-refractivity contribution < 1.29 is 19.2 Å². The third-order valence-corrected chi connectivity index (χ3v) is 4.83. The number of ether oxygens (including phenoxy) is 2. The summed E-state index contributed by atoms with van der Waals surface area (Å²) in [7, 11) is 3.27. The zero-order valence-corrected chi connectivity index (χ0v) is 15.7. The van der Waals surface area contributed by atoms with Gasteiger partial charge in [0.05, 0.1) is 33.3 Å². The molecule has 1 aliphatic rings. The van der Waals surface area contributed by atoms with E-state index in [4.69, 9.17) is 14.7 Å². The highest BCUT2D eigenvalue weighted by atomic mass is 16.5. The summed E-state index contributed by atoms with van der Waals surface area (Å²) in [5.41, 5.74) is 4.15. The van der Waals surface area contributed by atoms with Crippen LogP contribution in [0, 0.1) is 11.3 Å². The molecule has 1 aliphatic heterocycles. The third kappa shape index (κ3) is 4.57. The molecule has 1 amide bonds. The van der Waals surface area contributed by atoms with Crippen molar-refractivity contribution in [2.24, 2.45) is 0 Å². The van der Waals surface area contributed by atoms with Gasteiger partial charge in [0.15, 0.2) is 18.0 Å². The number of anilines is 1. The number of nitrogens with one attached hydrogen (secondary N) is 2. The van der Waals surface area contributed by atoms with E-state index in [2.05, 4.69) is 11.4 Å². The lowest BCUT2D eigenvalue weighted by atomic mass is 9.99. The van der Waals surface area contributed by atoms with Crippen molar-refractivity contribution in [2.45, 2.75) is 19.4 Å². The van der Waals surface area contributed by atoms with Gasteiger partial charge in [-0.15, -0.1) is 0 Å². The highest BCUT2D eigenvalue weighted by molar-refractivity contribution is 5.91. The summed E-state index contributed by atoms with van der Waals surface area (Å²) < 4.78 is 10.8. The average molecular weight is 366 g/mol. The summed E-state index contributed by atoms with van der Waals surface area (Å²) in [6, 6.07) is 13.6. The van der Waals surface area contributed by atoms with E-state index in [-0.39, 0.29) is 5.91 Å². The Balaban J connectivity index is 1.60. The SMILES string of the molecule is COc1cc2c(cc1OC)C[NH+](CC(=O)Nc1ccc(CC#N)cc1)CC2. The van der Waals surface area contributed by atoms with E-state index in [1.807, 2.05) is 36.4 Å². The molecule has 0 aromatic heterocycles. The second-order valence-corrected chi connectivity index (χ2v) is 6.66. The Morgan fingerprint density at radius 2 is 1.81 bits per heavy atom. The second-order valence-electron chi connectivity index (χ2n) is 6.66. The average Bonchev–Trinajstić information content (AvgIpc) is 2.68. The fourth-order valence-electron chi connectivity index (χ4n) is 3.41. The van der Waals surface area contributed by atoms with E-state index in [1.54, 1.807) is 14.2 Å². The summed E-state index contributed by atoms with van der Waals surface area (Å²) in [6.45, 7) is 2.09. The highest BCUT2D eigenvalue weighted by Crippen LogP contribution is 2.31. The molecule has 6 nitrogen and oxygen atoms in total. The van der Waals surface area contributed by atoms with Crippen LogP contribution in [0.4, 0.5) is 5.69 Å². The van der Waals surface area contributed by atoms with Crippen LogP contribution in [-0.4, -0.2) is 33.2 Å². The Bertz CT molecular complexity index is 856. The molecule has 1 heterocycles. The number of quaternary nitrogens is 1. The largest absolute Gasteiger partial charge is 0.493 e. The Kier molecular flexibility index (Phi) is 5.94. The van der Waals surface area contributed by atoms with Crippen LogP contribution in [0.3, 0.4) is 0 Å². The first kappa shape index (κ1) is 18.7. The van der Waals surface area contributed by atoms with Crippen LogP contribution in [0.25, 0.3) is 0 Å². The number of methoxy groups -OCH3 is 2. The molecule has 0 radical (unpaired) electrons. The molecular weight excluding hydrogens is 342 g/mol. The first-order chi connectivity index (χ1) is 13.1. The molecule has 6 heteroatoms. The topological polar surface area (TPSA) is 75.8 Å². The van der Waals surface area contributed by atoms with Crippen molar-refractivity contribution in [3.63, 3.8) is 0 Å². The second kappa shape index (κ2) is 8.56. The van der Waals surface area contributed by atoms with Crippen LogP contribution in [0.2, 0.25) is 0 Å². The van der Waals surface area contributed by atoms with Crippen molar-refractivity contribution >= 4 is 11.6 Å². The molecular formula is C21H24N3O3+. The van der Waals surface area contributed by atoms with E-state index in [9.17, 15) is 4.79 Å². The Hall–Kier alpha value is -3.04. The zero-order valence-electron chi connectivity index (χ0n) is 15.7. The van der Waals surface area contributed by atoms with Gasteiger partial charge in [0.2, 0.25) is 0 Å². The lowest BCUT2D eigenvalue weighted by Gasteiger charge is -2.26. The number of amides is 1. The van der Waals surface area contributed by atoms with Crippen molar-refractivity contribution in [1.29, 1.82) is 5.26 Å². The van der Waals surface area contributed by atoms with Gasteiger partial charge in [0.1, 0.15) is 6.54 Å². The quantitative estimate of drug-likeness (QED) is 0.809. The molecule has 0 saturated heterocycles. The Morgan fingerprint density at radius 1 is 1.15 bits per heavy atom. The molecule has 140 valence electrons. The van der Waals surface area contributed by atoms with Crippen molar-refractivity contribution in [3.8, 4) is 17.6 Å². The van der Waals surface area contributed by atoms with Gasteiger partial charge in [0.25, 0.3) is 5.91 Å². The van der Waals surface area contributed by atoms with E-state index >= 15 is 0 Å². The van der Waals surface area contributed by atoms with Crippen molar-refractivity contribution in [2.75, 3.05) is 32.6 Å². The number of fused-ring (bicyclic) bond motifs is 1. The summed E-state index contributed by atoms with van der Waals surface area (Å²) in [5, 5.41) is 11.6. The fourth-order valence-corrected chi connectivity index (χ4v) is 3.41. The van der Waals surface area contributed by atoms with Crippen LogP contribution < -0.4 is 19.7 Å². The van der Waals surface area contributed by atoms with Crippen molar-refractivity contribution in [3.05, 3.63) is 53.1 Å². The van der Waals surface area contributed by atoms with Crippen LogP contribution in [0.1, 0.15) is 16.7 Å². The van der Waals surface area contributed by atoms with Crippen LogP contribution >= 0.6 is 0 Å². The van der Waals surface area contributed by atoms with Gasteiger partial charge in [-0.05, 0) is 35.4 Å². The van der Waals surface area contributed by atoms with Gasteiger partial charge in [0, 0.05) is 17.7 Å². The minimum absolute atomic E-state index is 0.0121. The van der Waals surface area contributed by atoms with Gasteiger partial charge in [-0.2, -0.15) is 5.26 Å². The van der Waals surface area contributed by atoms with Crippen LogP contribution in [0.15, 0.2) is 36.4 Å². The van der Waals surface area contributed by atoms with Crippen LogP contribution in [0.5, 0.6) is 11.5 Å². The first-order valence-electron chi connectivity index (χ1n) is 8.96. The van der Waals surface area contributed by atoms with Crippen molar-refractivity contribution in [1.82, 2.24) is 0 Å². The molecule has 1 atom stereocenters. The standard InChI is InChI=1S/C21H23N3O3/c1-26-19-11-16-8-10-24(13-17(16)12-20(19)27-2)14-21(25)23-18-5-3-15(4-6-18)7-9-22/h3-6,11-12H,7-8,10,13-14H2,1-2H3,(H,23,25)/p+1. The number of rotatable bonds is 6. The number of carbonyl (C=O) groups is 1. The molecule has 1 unspecified atom stereocenters. The molecule has 0 aliphatic carbocycles. The summed E-state index contributed by atoms with van der Waals surface area (Å²) >= 11 is 0. The first-order valence-corrected chi connectivity index (χ1v) is 8.96. The molecule has 0 bridgehead atoms. The number of nitrogens with zero attached hydrogens (tertiary/aromatic N) is 1. The maximum Gasteiger partial charge on any atom is 0.279 e. The molecule has 0 fully saturated rings. The highest BCUT2D eigenvalue weighted by Gasteiger charge is 2.24. The number of hydrogen-bond donors (Lipinski definition) is 2. The van der Waals surface area contributed by atoms with E-state index < -0.39 is 0 Å². The van der Waals surface area contributed by atoms with Crippen LogP contribution in [-0.2, 0) is 24.2 Å². The Morgan fingerprint density at radius 3 is 2.44 bits per heavy atom. The maximum atomic E-state index is 12.4. The minimum atomic E-state index is -0.0121. The summed E-state index contributed by atoms with van der Waals surface area (Å²) in [5.74, 6) is 1.46. The lowest BCUT2D eigenvalue weighted by molar-refractivity contribution is -0.907. The molecule has 2 aromatic rings. The lowest BCUT2D eigenvalue weighted by Crippen LogP contribution is -3.12. The molecule has 2 N–H and O–H groups in total. The smallest absolute Gasteiger partial charge is 0.279 e. The van der Waals surface area contributed by atoms with Gasteiger partial charge in [-0.3, -0.25) is 4.79 Å². The summed E-state index contributed by atoms with van der Waals surface area (Å²) in [4.78, 5) is 13.6. The zero-order chi connectivity index (χ0) is 19.2. The third-order valence-electron chi connectivity index (χ3n) is 4.83. The van der Waals surface area contributed by atoms with Gasteiger partial charge < -0.3 is 19.7 Å². The van der Waals surface area contributed by atoms with Gasteiger partial charge in [-0.25, -0.2) is 0 Å². The van der Waals surface area contributed by atoms with E-state index in [0.717, 1.165) is 42.3 Å². The van der Waals surface area contributed by atoms with E-state index in [0.29, 0.717) is 13.0 Å². The number of benzene rings is 2. The number of nitriles is 1. The maximum absolute atomic E-state index is 12.4. The summed E-state index contributed by atoms with van der Waals surface area (Å²) in [6.07, 6.45) is 1.28. The minimum Gasteiger partial charge on any atom is -0.493 e. The molecule has 2 aromatic carbocycles. The predicted molar refractivity (Wildman–Crippen MR) is 102 cm³/mol. The Labute approximate surface area is 159 Å². The molecule has 0 spiro atoms. The van der Waals surface area contributed by atoms with Gasteiger partial charge in [-0.1, -0.05) is 12.1 Å². The van der Waals surface area contributed by atoms with E-state index in [1.165, 1.54) is 16.0 Å². The molecule has 3 rings (SSSR count). The fraction of sp³-hybridized carbons (Fsp3) is 0.333. The molecule has 0 saturated carbocycles. The number of hydrogen-bond acceptors (Lipinski definition) is 4. The monoisotopic (exact) mass is 366 g/mol. The number of carbonyl (C=O) groups excluding carboxylic acids is 1. The molecule has 27 heavy (non-hydrogen) atoms. The van der Waals surface area contributed by atoms with Gasteiger partial charge >= 0.3 is 0 Å².